The fraction of sp³-hybridized carbons (Fsp3) is 0.282. The van der Waals surface area contributed by atoms with Crippen molar-refractivity contribution in [1.82, 2.24) is 82.8 Å². The fourth-order valence-corrected chi connectivity index (χ4v) is 20.2. The first-order valence-corrected chi connectivity index (χ1v) is 50.8. The van der Waals surface area contributed by atoms with Gasteiger partial charge in [-0.05, 0) is 252 Å². The minimum absolute atomic E-state index is 0.0559. The average molecular weight is 2030 g/mol. The van der Waals surface area contributed by atoms with Crippen LogP contribution < -0.4 is 14.2 Å². The van der Waals surface area contributed by atoms with Gasteiger partial charge in [0.25, 0.3) is 0 Å². The molecule has 17 aromatic rings. The molecule has 6 aliphatic carbocycles. The molecule has 0 bridgehead atoms. The van der Waals surface area contributed by atoms with E-state index in [-0.39, 0.29) is 35.3 Å². The smallest absolute Gasteiger partial charge is 0.165 e. The standard InChI is InChI=1S/C26H25ClN6O.C26H21FN4O.C23H21ClN4O.C22H22N4O.C20H17ClN4O/c1-26(2,34)16-32-15-20(13-30-32)21-8-7-19(11-23(21)27)22-14-31-33-10-9-29-24(25(22)33)18-5-3-17(12-28)4-6-18;27-23-14-21(10-11-24(23)32-17-19-4-2-1-3-5-19)22-16-30-31-13-12-29-25(26(22)31)20-8-6-18(15-28)7-9-20;24-20-11-18(7-8-21(20)29-14-16-1-2-16)19-13-27-28-10-9-26-22(23(19)28)17-5-3-15(12-25)4-6-17;1-22(2,27)18-9-7-16(8-10-18)19-14-25-26-12-11-24-20(21(19)26)17-5-3-15(13-23)4-6-17;1-26-18-7-6-15(10-17(18)21)16-12-24-25-9-8-23-19(20(16)25)14-4-2-13(11-22)3-5-14/h5,7-11,13-15,17,34H,3-4,6,16H2,1-2H3;1-5,8,10-14,16,18H,6-7,9,17H2;5,7-11,13,15-16H,1-4,6,14H2;5,7-12,14-15,27H,3-4,6H2,1-2H3;4,6-10,12-13H,2-3,5H2,1H3. The second kappa shape index (κ2) is 44.9. The minimum atomic E-state index is -0.865. The molecule has 0 saturated heterocycles. The molecular weight excluding hydrogens is 1920 g/mol. The Morgan fingerprint density at radius 2 is 0.723 bits per heavy atom. The quantitative estimate of drug-likeness (QED) is 0.0674. The number of halogens is 4. The van der Waals surface area contributed by atoms with Gasteiger partial charge in [0.1, 0.15) is 18.1 Å². The SMILES string of the molecule is CC(C)(O)Cn1cc(-c2ccc(-c3cnn4ccnc(C5=CCC(C#N)CC5)c34)cc2Cl)cn1.CC(C)(O)c1ccc(-c2cnn3ccnc(C4=CCC(C#N)CC4)c23)cc1.COc1ccc(-c2cnn3ccnc(C4=CCC(C#N)CC4)c23)cc1Cl.N#CC1CC=C(c2nccn3ncc(-c4ccc(OCC5CC5)c(Cl)c4)c23)CC1.N#CC1CC=C(c2nccn3ncc(-c4ccc(OCc5ccccc5)c(F)c4)c23)CC1. The number of fused-ring (bicyclic) bond motifs is 5. The van der Waals surface area contributed by atoms with Crippen molar-refractivity contribution in [2.75, 3.05) is 13.7 Å². The van der Waals surface area contributed by atoms with E-state index in [4.69, 9.17) is 64.8 Å². The number of hydrogen-bond acceptors (Lipinski definition) is 21. The Morgan fingerprint density at radius 3 is 1.05 bits per heavy atom. The average Bonchev–Trinajstić information content (AvgIpc) is 1.61. The first kappa shape index (κ1) is 101. The number of nitriles is 5. The van der Waals surface area contributed by atoms with E-state index in [2.05, 4.69) is 116 Å². The number of methoxy groups -OCH3 is 1. The molecule has 0 aliphatic heterocycles. The van der Waals surface area contributed by atoms with Crippen molar-refractivity contribution in [2.24, 2.45) is 35.5 Å². The predicted molar refractivity (Wildman–Crippen MR) is 570 cm³/mol. The van der Waals surface area contributed by atoms with Crippen LogP contribution in [0.15, 0.2) is 263 Å². The van der Waals surface area contributed by atoms with Crippen LogP contribution in [0.2, 0.25) is 15.1 Å². The maximum atomic E-state index is 14.9. The molecule has 23 rings (SSSR count). The van der Waals surface area contributed by atoms with Crippen molar-refractivity contribution in [3.8, 4) is 114 Å². The van der Waals surface area contributed by atoms with Gasteiger partial charge in [0.05, 0.1) is 195 Å². The summed E-state index contributed by atoms with van der Waals surface area (Å²) in [7, 11) is 1.60. The molecule has 11 aromatic heterocycles. The highest BCUT2D eigenvalue weighted by atomic mass is 35.5. The van der Waals surface area contributed by atoms with Crippen molar-refractivity contribution in [2.45, 2.75) is 161 Å². The van der Waals surface area contributed by atoms with E-state index in [9.17, 15) is 25.1 Å². The maximum absolute atomic E-state index is 14.9. The number of rotatable bonds is 21. The Kier molecular flexibility index (Phi) is 30.5. The molecule has 2 N–H and O–H groups in total. The first-order chi connectivity index (χ1) is 71.9. The lowest BCUT2D eigenvalue weighted by Crippen LogP contribution is -2.26. The maximum Gasteiger partial charge on any atom is 0.165 e. The minimum Gasteiger partial charge on any atom is -0.495 e. The lowest BCUT2D eigenvalue weighted by atomic mass is 9.88. The van der Waals surface area contributed by atoms with E-state index in [1.165, 1.54) is 35.6 Å². The summed E-state index contributed by atoms with van der Waals surface area (Å²) in [6.45, 7) is 8.50. The number of ether oxygens (including phenoxy) is 3. The van der Waals surface area contributed by atoms with Crippen molar-refractivity contribution >= 4 is 90.3 Å². The number of allylic oxidation sites excluding steroid dienone is 10. The molecule has 1 saturated carbocycles. The normalized spacial score (nSPS) is 17.1. The van der Waals surface area contributed by atoms with Crippen LogP contribution >= 0.6 is 34.8 Å². The van der Waals surface area contributed by atoms with Gasteiger partial charge in [0, 0.05) is 112 Å². The fourth-order valence-electron chi connectivity index (χ4n) is 19.4. The van der Waals surface area contributed by atoms with Crippen LogP contribution in [0.5, 0.6) is 17.2 Å². The van der Waals surface area contributed by atoms with Crippen LogP contribution in [0.25, 0.3) is 122 Å². The zero-order valence-electron chi connectivity index (χ0n) is 82.4. The van der Waals surface area contributed by atoms with E-state index >= 15 is 0 Å². The monoisotopic (exact) mass is 2020 g/mol. The summed E-state index contributed by atoms with van der Waals surface area (Å²) in [6.07, 6.45) is 56.1. The molecule has 6 aromatic carbocycles. The van der Waals surface area contributed by atoms with Gasteiger partial charge >= 0.3 is 0 Å². The molecule has 1 fully saturated rings. The molecule has 5 unspecified atom stereocenters. The Balaban J connectivity index is 0.000000117. The topological polar surface area (TPSA) is 356 Å². The summed E-state index contributed by atoms with van der Waals surface area (Å²) >= 11 is 19.5. The highest BCUT2D eigenvalue weighted by Crippen LogP contribution is 2.46. The number of aromatic nitrogens is 17. The summed E-state index contributed by atoms with van der Waals surface area (Å²) in [6, 6.07) is 52.0. The van der Waals surface area contributed by atoms with E-state index in [1.54, 1.807) is 99.6 Å². The van der Waals surface area contributed by atoms with E-state index < -0.39 is 17.0 Å². The zero-order chi connectivity index (χ0) is 103. The summed E-state index contributed by atoms with van der Waals surface area (Å²) in [5.74, 6) is 2.29. The molecule has 0 radical (unpaired) electrons. The molecule has 27 nitrogen and oxygen atoms in total. The first-order valence-electron chi connectivity index (χ1n) is 49.6. The highest BCUT2D eigenvalue weighted by Gasteiger charge is 2.30. The van der Waals surface area contributed by atoms with Crippen LogP contribution in [0.4, 0.5) is 4.39 Å². The summed E-state index contributed by atoms with van der Waals surface area (Å²) < 4.78 is 42.6. The van der Waals surface area contributed by atoms with Crippen LogP contribution in [-0.4, -0.2) is 112 Å². The summed E-state index contributed by atoms with van der Waals surface area (Å²) in [5, 5.41) is 94.7. The predicted octanol–water partition coefficient (Wildman–Crippen LogP) is 25.9. The Hall–Kier alpha value is -16.1. The summed E-state index contributed by atoms with van der Waals surface area (Å²) in [5.41, 5.74) is 26.3. The lowest BCUT2D eigenvalue weighted by molar-refractivity contribution is 0.0577. The molecule has 0 amide bonds. The van der Waals surface area contributed by atoms with Gasteiger partial charge in [-0.15, -0.1) is 0 Å². The lowest BCUT2D eigenvalue weighted by Gasteiger charge is -2.18. The second-order valence-electron chi connectivity index (χ2n) is 39.0. The molecule has 5 atom stereocenters. The molecule has 0 spiro atoms. The van der Waals surface area contributed by atoms with E-state index in [0.717, 1.165) is 248 Å². The van der Waals surface area contributed by atoms with Gasteiger partial charge in [0.2, 0.25) is 0 Å². The van der Waals surface area contributed by atoms with Crippen molar-refractivity contribution in [3.63, 3.8) is 0 Å². The molecule has 11 heterocycles. The molecule has 31 heteroatoms. The Bertz CT molecular complexity index is 8220. The van der Waals surface area contributed by atoms with E-state index in [1.807, 2.05) is 189 Å². The number of hydrogen-bond donors (Lipinski definition) is 2. The zero-order valence-corrected chi connectivity index (χ0v) is 84.7. The van der Waals surface area contributed by atoms with Crippen LogP contribution in [0.1, 0.15) is 176 Å². The third-order valence-corrected chi connectivity index (χ3v) is 28.6. The molecule has 742 valence electrons. The van der Waals surface area contributed by atoms with Gasteiger partial charge < -0.3 is 24.4 Å². The summed E-state index contributed by atoms with van der Waals surface area (Å²) in [4.78, 5) is 23.2. The van der Waals surface area contributed by atoms with Gasteiger partial charge in [-0.25, -0.2) is 27.0 Å². The van der Waals surface area contributed by atoms with Crippen LogP contribution in [0, 0.1) is 98.0 Å². The van der Waals surface area contributed by atoms with E-state index in [0.29, 0.717) is 45.5 Å². The van der Waals surface area contributed by atoms with Crippen molar-refractivity contribution in [1.29, 1.82) is 26.3 Å². The van der Waals surface area contributed by atoms with Gasteiger partial charge in [-0.2, -0.15) is 56.9 Å². The molecular formula is C117H106Cl3FN22O5. The van der Waals surface area contributed by atoms with Gasteiger partial charge in [-0.1, -0.05) is 150 Å². The largest absolute Gasteiger partial charge is 0.495 e. The highest BCUT2D eigenvalue weighted by molar-refractivity contribution is 6.34. The van der Waals surface area contributed by atoms with Gasteiger partial charge in [0.15, 0.2) is 11.6 Å². The van der Waals surface area contributed by atoms with Crippen LogP contribution in [-0.2, 0) is 18.8 Å². The molecule has 148 heavy (non-hydrogen) atoms. The van der Waals surface area contributed by atoms with Crippen molar-refractivity contribution in [3.05, 3.63) is 324 Å². The Labute approximate surface area is 870 Å². The number of aliphatic hydroxyl groups is 2. The van der Waals surface area contributed by atoms with Crippen molar-refractivity contribution < 1.29 is 28.8 Å². The molecule has 6 aliphatic rings. The van der Waals surface area contributed by atoms with Gasteiger partial charge in [-0.3, -0.25) is 29.6 Å². The number of benzene rings is 6. The van der Waals surface area contributed by atoms with Crippen LogP contribution in [0.3, 0.4) is 0 Å². The second-order valence-corrected chi connectivity index (χ2v) is 40.2. The third kappa shape index (κ3) is 22.8. The Morgan fingerprint density at radius 1 is 0.378 bits per heavy atom. The third-order valence-electron chi connectivity index (χ3n) is 27.7. The number of nitrogens with zero attached hydrogens (tertiary/aromatic N) is 22.